The van der Waals surface area contributed by atoms with Gasteiger partial charge >= 0.3 is 0 Å². The highest BCUT2D eigenvalue weighted by Crippen LogP contribution is 2.60. The van der Waals surface area contributed by atoms with Crippen molar-refractivity contribution in [1.29, 1.82) is 0 Å². The molecule has 3 aliphatic rings. The van der Waals surface area contributed by atoms with E-state index < -0.39 is 0 Å². The van der Waals surface area contributed by atoms with Gasteiger partial charge in [-0.05, 0) is 98.0 Å². The molecule has 0 heterocycles. The molecular weight excluding hydrogens is 375 g/mol. The molecule has 0 aliphatic heterocycles. The van der Waals surface area contributed by atoms with Crippen molar-refractivity contribution in [3.05, 3.63) is 35.2 Å². The van der Waals surface area contributed by atoms with Crippen molar-refractivity contribution in [3.8, 4) is 0 Å². The summed E-state index contributed by atoms with van der Waals surface area (Å²) in [7, 11) is 0. The summed E-state index contributed by atoms with van der Waals surface area (Å²) in [5.74, 6) is 2.58. The molecule has 3 saturated carbocycles. The van der Waals surface area contributed by atoms with E-state index in [-0.39, 0.29) is 6.10 Å². The Morgan fingerprint density at radius 2 is 1.90 bits per heavy atom. The summed E-state index contributed by atoms with van der Waals surface area (Å²) < 4.78 is 13.3. The molecule has 0 spiro atoms. The summed E-state index contributed by atoms with van der Waals surface area (Å²) in [6.07, 6.45) is 16.6. The molecule has 0 bridgehead atoms. The Balaban J connectivity index is 1.69. The fourth-order valence-electron chi connectivity index (χ4n) is 6.77. The average molecular weight is 419 g/mol. The van der Waals surface area contributed by atoms with Gasteiger partial charge in [0.05, 0.1) is 12.4 Å². The van der Waals surface area contributed by atoms with Crippen LogP contribution in [0.4, 0.5) is 4.39 Å². The Bertz CT molecular complexity index is 664. The first kappa shape index (κ1) is 23.7. The Kier molecular flexibility index (Phi) is 8.38. The SMILES string of the molecule is CC(CO)CCC[C@@H](C)[C@H]1CCC2C(=C/C=C3/C[C@@H](O)CCC3=CF)CCC[C@@]21C. The summed E-state index contributed by atoms with van der Waals surface area (Å²) in [5.41, 5.74) is 3.69. The Morgan fingerprint density at radius 1 is 1.10 bits per heavy atom. The number of allylic oxidation sites excluding steroid dienone is 4. The predicted molar refractivity (Wildman–Crippen MR) is 123 cm³/mol. The largest absolute Gasteiger partial charge is 0.396 e. The van der Waals surface area contributed by atoms with Crippen LogP contribution >= 0.6 is 0 Å². The van der Waals surface area contributed by atoms with E-state index in [1.54, 1.807) is 5.57 Å². The molecule has 2 N–H and O–H groups in total. The van der Waals surface area contributed by atoms with E-state index in [1.165, 1.54) is 38.5 Å². The molecule has 170 valence electrons. The molecule has 2 unspecified atom stereocenters. The quantitative estimate of drug-likeness (QED) is 0.472. The highest BCUT2D eigenvalue weighted by molar-refractivity contribution is 5.37. The fourth-order valence-corrected chi connectivity index (χ4v) is 6.77. The first-order valence-corrected chi connectivity index (χ1v) is 12.4. The topological polar surface area (TPSA) is 40.5 Å². The van der Waals surface area contributed by atoms with Gasteiger partial charge in [0.1, 0.15) is 0 Å². The maximum Gasteiger partial charge on any atom is 0.0901 e. The second kappa shape index (κ2) is 10.6. The number of aliphatic hydroxyl groups is 2. The van der Waals surface area contributed by atoms with Crippen LogP contribution in [0.1, 0.15) is 91.4 Å². The number of hydrogen-bond donors (Lipinski definition) is 2. The third kappa shape index (κ3) is 5.27. The molecule has 30 heavy (non-hydrogen) atoms. The highest BCUT2D eigenvalue weighted by Gasteiger charge is 2.50. The molecule has 6 atom stereocenters. The second-order valence-corrected chi connectivity index (χ2v) is 10.8. The monoisotopic (exact) mass is 418 g/mol. The first-order valence-electron chi connectivity index (χ1n) is 12.4. The minimum absolute atomic E-state index is 0.303. The van der Waals surface area contributed by atoms with Crippen LogP contribution in [0.2, 0.25) is 0 Å². The van der Waals surface area contributed by atoms with Crippen molar-refractivity contribution in [2.45, 2.75) is 97.5 Å². The van der Waals surface area contributed by atoms with Crippen LogP contribution < -0.4 is 0 Å². The van der Waals surface area contributed by atoms with Crippen molar-refractivity contribution in [3.63, 3.8) is 0 Å². The van der Waals surface area contributed by atoms with Gasteiger partial charge in [0, 0.05) is 6.61 Å². The summed E-state index contributed by atoms with van der Waals surface area (Å²) in [6, 6.07) is 0. The van der Waals surface area contributed by atoms with Gasteiger partial charge in [0.25, 0.3) is 0 Å². The van der Waals surface area contributed by atoms with Crippen LogP contribution in [-0.4, -0.2) is 22.9 Å². The maximum absolute atomic E-state index is 13.3. The van der Waals surface area contributed by atoms with Gasteiger partial charge in [-0.3, -0.25) is 0 Å². The van der Waals surface area contributed by atoms with Gasteiger partial charge in [0.15, 0.2) is 0 Å². The molecule has 0 radical (unpaired) electrons. The lowest BCUT2D eigenvalue weighted by Gasteiger charge is -2.44. The lowest BCUT2D eigenvalue weighted by Crippen LogP contribution is -2.36. The number of rotatable bonds is 7. The zero-order valence-corrected chi connectivity index (χ0v) is 19.4. The number of hydrogen-bond acceptors (Lipinski definition) is 2. The van der Waals surface area contributed by atoms with E-state index in [2.05, 4.69) is 32.9 Å². The van der Waals surface area contributed by atoms with Crippen LogP contribution in [-0.2, 0) is 0 Å². The maximum atomic E-state index is 13.3. The van der Waals surface area contributed by atoms with Crippen molar-refractivity contribution < 1.29 is 14.6 Å². The fraction of sp³-hybridized carbons (Fsp3) is 0.778. The van der Waals surface area contributed by atoms with Gasteiger partial charge in [-0.25, -0.2) is 4.39 Å². The summed E-state index contributed by atoms with van der Waals surface area (Å²) in [4.78, 5) is 0. The molecule has 0 aromatic carbocycles. The van der Waals surface area contributed by atoms with E-state index in [4.69, 9.17) is 0 Å². The van der Waals surface area contributed by atoms with Crippen LogP contribution in [0.3, 0.4) is 0 Å². The van der Waals surface area contributed by atoms with Gasteiger partial charge in [-0.1, -0.05) is 51.3 Å². The zero-order chi connectivity index (χ0) is 21.7. The third-order valence-electron chi connectivity index (χ3n) is 8.64. The van der Waals surface area contributed by atoms with Crippen molar-refractivity contribution in [2.75, 3.05) is 6.61 Å². The first-order chi connectivity index (χ1) is 14.4. The molecule has 3 rings (SSSR count). The standard InChI is InChI=1S/C27H43FO2/c1-19(18-29)6-4-7-20(2)25-13-14-26-21(8-5-15-27(25,26)3)9-10-22-16-24(30)12-11-23(22)17-28/h9-10,17,19-20,24-26,29-30H,4-8,11-16,18H2,1-3H3/b21-9?,22-10-,23-17?/t19?,20-,24+,25-,26?,27-/m1/s1. The molecule has 0 aromatic rings. The predicted octanol–water partition coefficient (Wildman–Crippen LogP) is 6.89. The Hall–Kier alpha value is -0.930. The molecule has 0 aromatic heterocycles. The zero-order valence-electron chi connectivity index (χ0n) is 19.4. The van der Waals surface area contributed by atoms with Gasteiger partial charge in [0.2, 0.25) is 0 Å². The third-order valence-corrected chi connectivity index (χ3v) is 8.64. The van der Waals surface area contributed by atoms with Crippen LogP contribution in [0.15, 0.2) is 35.2 Å². The summed E-state index contributed by atoms with van der Waals surface area (Å²) in [5, 5.41) is 19.3. The molecule has 0 saturated heterocycles. The van der Waals surface area contributed by atoms with Crippen LogP contribution in [0.5, 0.6) is 0 Å². The molecule has 3 heteroatoms. The number of fused-ring (bicyclic) bond motifs is 1. The number of aliphatic hydroxyl groups excluding tert-OH is 2. The molecule has 3 fully saturated rings. The Labute approximate surface area is 183 Å². The van der Waals surface area contributed by atoms with Crippen LogP contribution in [0, 0.1) is 29.1 Å². The van der Waals surface area contributed by atoms with Crippen molar-refractivity contribution in [2.24, 2.45) is 29.1 Å². The Morgan fingerprint density at radius 3 is 2.63 bits per heavy atom. The smallest absolute Gasteiger partial charge is 0.0901 e. The van der Waals surface area contributed by atoms with Crippen molar-refractivity contribution in [1.82, 2.24) is 0 Å². The molecule has 0 amide bonds. The van der Waals surface area contributed by atoms with Gasteiger partial charge in [-0.15, -0.1) is 0 Å². The molecular formula is C27H43FO2. The minimum atomic E-state index is -0.333. The highest BCUT2D eigenvalue weighted by atomic mass is 19.1. The van der Waals surface area contributed by atoms with Gasteiger partial charge < -0.3 is 10.2 Å². The van der Waals surface area contributed by atoms with E-state index in [9.17, 15) is 14.6 Å². The van der Waals surface area contributed by atoms with Gasteiger partial charge in [-0.2, -0.15) is 0 Å². The van der Waals surface area contributed by atoms with Crippen LogP contribution in [0.25, 0.3) is 0 Å². The second-order valence-electron chi connectivity index (χ2n) is 10.8. The van der Waals surface area contributed by atoms with E-state index in [0.29, 0.717) is 43.1 Å². The molecule has 3 aliphatic carbocycles. The summed E-state index contributed by atoms with van der Waals surface area (Å²) in [6.45, 7) is 7.42. The normalized spacial score (nSPS) is 38.2. The van der Waals surface area contributed by atoms with Crippen molar-refractivity contribution >= 4 is 0 Å². The average Bonchev–Trinajstić information content (AvgIpc) is 3.09. The minimum Gasteiger partial charge on any atom is -0.396 e. The van der Waals surface area contributed by atoms with E-state index in [0.717, 1.165) is 42.2 Å². The lowest BCUT2D eigenvalue weighted by molar-refractivity contribution is 0.0922. The lowest BCUT2D eigenvalue weighted by atomic mass is 9.60. The summed E-state index contributed by atoms with van der Waals surface area (Å²) >= 11 is 0. The molecule has 2 nitrogen and oxygen atoms in total. The number of halogens is 1. The van der Waals surface area contributed by atoms with E-state index >= 15 is 0 Å². The van der Waals surface area contributed by atoms with E-state index in [1.807, 2.05) is 0 Å².